The summed E-state index contributed by atoms with van der Waals surface area (Å²) >= 11 is 5.98. The summed E-state index contributed by atoms with van der Waals surface area (Å²) in [6.45, 7) is 7.47. The lowest BCUT2D eigenvalue weighted by Gasteiger charge is -2.17. The average molecular weight is 310 g/mol. The van der Waals surface area contributed by atoms with Gasteiger partial charge < -0.3 is 5.32 Å². The fourth-order valence-corrected chi connectivity index (χ4v) is 2.37. The fourth-order valence-electron chi connectivity index (χ4n) is 2.23. The van der Waals surface area contributed by atoms with E-state index in [2.05, 4.69) is 15.5 Å². The molecule has 7 heteroatoms. The van der Waals surface area contributed by atoms with Crippen molar-refractivity contribution < 1.29 is 4.79 Å². The first-order chi connectivity index (χ1) is 9.79. The summed E-state index contributed by atoms with van der Waals surface area (Å²) in [5, 5.41) is 12.1. The highest BCUT2D eigenvalue weighted by molar-refractivity contribution is 6.31. The summed E-state index contributed by atoms with van der Waals surface area (Å²) in [7, 11) is 1.86. The van der Waals surface area contributed by atoms with Crippen molar-refractivity contribution in [2.45, 2.75) is 39.8 Å². The van der Waals surface area contributed by atoms with Crippen LogP contribution < -0.4 is 5.32 Å². The Morgan fingerprint density at radius 1 is 1.24 bits per heavy atom. The largest absolute Gasteiger partial charge is 0.348 e. The van der Waals surface area contributed by atoms with E-state index in [-0.39, 0.29) is 11.9 Å². The zero-order valence-electron chi connectivity index (χ0n) is 12.9. The first-order valence-electron chi connectivity index (χ1n) is 6.81. The van der Waals surface area contributed by atoms with Crippen molar-refractivity contribution in [1.29, 1.82) is 0 Å². The minimum absolute atomic E-state index is 0.107. The fraction of sp³-hybridized carbons (Fsp3) is 0.500. The molecular formula is C14H20ClN5O. The van der Waals surface area contributed by atoms with E-state index in [1.807, 2.05) is 34.0 Å². The highest BCUT2D eigenvalue weighted by atomic mass is 35.5. The molecule has 1 N–H and O–H groups in total. The summed E-state index contributed by atoms with van der Waals surface area (Å²) < 4.78 is 3.32. The van der Waals surface area contributed by atoms with Crippen LogP contribution in [-0.4, -0.2) is 25.5 Å². The lowest BCUT2D eigenvalue weighted by atomic mass is 10.1. The Morgan fingerprint density at radius 2 is 1.90 bits per heavy atom. The molecule has 6 nitrogen and oxygen atoms in total. The number of aromatic nitrogens is 4. The van der Waals surface area contributed by atoms with Gasteiger partial charge in [-0.05, 0) is 27.7 Å². The summed E-state index contributed by atoms with van der Waals surface area (Å²) in [5.74, 6) is -0.107. The lowest BCUT2D eigenvalue weighted by Crippen LogP contribution is -2.33. The third kappa shape index (κ3) is 3.26. The zero-order chi connectivity index (χ0) is 15.7. The minimum Gasteiger partial charge on any atom is -0.348 e. The van der Waals surface area contributed by atoms with Crippen LogP contribution in [0.2, 0.25) is 5.02 Å². The molecule has 0 radical (unpaired) electrons. The second-order valence-electron chi connectivity index (χ2n) is 5.29. The van der Waals surface area contributed by atoms with Crippen molar-refractivity contribution in [3.8, 4) is 0 Å². The summed E-state index contributed by atoms with van der Waals surface area (Å²) in [4.78, 5) is 12.3. The van der Waals surface area contributed by atoms with E-state index in [0.29, 0.717) is 10.7 Å². The summed E-state index contributed by atoms with van der Waals surface area (Å²) in [5.41, 5.74) is 2.64. The van der Waals surface area contributed by atoms with Crippen LogP contribution in [0.15, 0.2) is 12.4 Å². The number of carbonyl (C=O) groups is 1. The van der Waals surface area contributed by atoms with Crippen molar-refractivity contribution in [2.75, 3.05) is 0 Å². The third-order valence-corrected chi connectivity index (χ3v) is 3.88. The van der Waals surface area contributed by atoms with Crippen molar-refractivity contribution in [3.05, 3.63) is 34.4 Å². The molecule has 2 unspecified atom stereocenters. The topological polar surface area (TPSA) is 64.7 Å². The molecule has 1 amide bonds. The van der Waals surface area contributed by atoms with E-state index in [9.17, 15) is 4.79 Å². The minimum atomic E-state index is -0.421. The van der Waals surface area contributed by atoms with Crippen LogP contribution in [0.25, 0.3) is 0 Å². The van der Waals surface area contributed by atoms with Gasteiger partial charge in [0, 0.05) is 25.0 Å². The lowest BCUT2D eigenvalue weighted by molar-refractivity contribution is -0.124. The van der Waals surface area contributed by atoms with E-state index in [4.69, 9.17) is 11.6 Å². The molecule has 2 heterocycles. The Morgan fingerprint density at radius 3 is 2.38 bits per heavy atom. The quantitative estimate of drug-likeness (QED) is 0.942. The van der Waals surface area contributed by atoms with Gasteiger partial charge in [-0.2, -0.15) is 10.2 Å². The van der Waals surface area contributed by atoms with Gasteiger partial charge in [0.15, 0.2) is 0 Å². The van der Waals surface area contributed by atoms with Gasteiger partial charge in [-0.25, -0.2) is 0 Å². The van der Waals surface area contributed by atoms with E-state index in [0.717, 1.165) is 11.3 Å². The Balaban J connectivity index is 2.08. The maximum atomic E-state index is 12.3. The van der Waals surface area contributed by atoms with Crippen LogP contribution in [0.5, 0.6) is 0 Å². The molecule has 0 fully saturated rings. The van der Waals surface area contributed by atoms with E-state index < -0.39 is 6.04 Å². The number of nitrogens with one attached hydrogen (secondary N) is 1. The van der Waals surface area contributed by atoms with Gasteiger partial charge in [-0.1, -0.05) is 11.6 Å². The van der Waals surface area contributed by atoms with Crippen LogP contribution in [-0.2, 0) is 11.8 Å². The van der Waals surface area contributed by atoms with Crippen molar-refractivity contribution in [2.24, 2.45) is 7.05 Å². The average Bonchev–Trinajstić information content (AvgIpc) is 2.91. The Labute approximate surface area is 129 Å². The molecule has 0 bridgehead atoms. The molecule has 0 aliphatic rings. The second-order valence-corrected chi connectivity index (χ2v) is 5.70. The van der Waals surface area contributed by atoms with Crippen LogP contribution in [0.4, 0.5) is 0 Å². The molecule has 0 aliphatic heterocycles. The molecule has 2 aromatic rings. The highest BCUT2D eigenvalue weighted by Gasteiger charge is 2.21. The van der Waals surface area contributed by atoms with Gasteiger partial charge >= 0.3 is 0 Å². The maximum absolute atomic E-state index is 12.3. The van der Waals surface area contributed by atoms with Crippen LogP contribution >= 0.6 is 11.6 Å². The van der Waals surface area contributed by atoms with Crippen molar-refractivity contribution >= 4 is 17.5 Å². The first kappa shape index (κ1) is 15.6. The van der Waals surface area contributed by atoms with Crippen molar-refractivity contribution in [1.82, 2.24) is 24.9 Å². The summed E-state index contributed by atoms with van der Waals surface area (Å²) in [6, 6.07) is -0.531. The van der Waals surface area contributed by atoms with E-state index in [1.165, 1.54) is 0 Å². The first-order valence-corrected chi connectivity index (χ1v) is 7.19. The SMILES string of the molecule is Cc1nn(C(C)C(=O)NC(C)c2cn(C)nc2C)cc1Cl. The van der Waals surface area contributed by atoms with Crippen molar-refractivity contribution in [3.63, 3.8) is 0 Å². The normalized spacial score (nSPS) is 14.0. The van der Waals surface area contributed by atoms with Gasteiger partial charge in [-0.3, -0.25) is 14.2 Å². The predicted octanol–water partition coefficient (Wildman–Crippen LogP) is 2.33. The van der Waals surface area contributed by atoms with E-state index >= 15 is 0 Å². The molecule has 114 valence electrons. The predicted molar refractivity (Wildman–Crippen MR) is 81.2 cm³/mol. The number of carbonyl (C=O) groups excluding carboxylic acids is 1. The highest BCUT2D eigenvalue weighted by Crippen LogP contribution is 2.19. The molecule has 21 heavy (non-hydrogen) atoms. The molecule has 2 atom stereocenters. The zero-order valence-corrected chi connectivity index (χ0v) is 13.6. The molecule has 0 aliphatic carbocycles. The van der Waals surface area contributed by atoms with Gasteiger partial charge in [-0.15, -0.1) is 0 Å². The Bertz CT molecular complexity index is 641. The number of amides is 1. The number of hydrogen-bond donors (Lipinski definition) is 1. The molecule has 2 rings (SSSR count). The third-order valence-electron chi connectivity index (χ3n) is 3.51. The number of halogens is 1. The van der Waals surface area contributed by atoms with Gasteiger partial charge in [0.05, 0.1) is 22.5 Å². The second kappa shape index (κ2) is 5.89. The molecule has 2 aromatic heterocycles. The van der Waals surface area contributed by atoms with Crippen LogP contribution in [0.1, 0.15) is 42.9 Å². The maximum Gasteiger partial charge on any atom is 0.245 e. The van der Waals surface area contributed by atoms with Gasteiger partial charge in [0.1, 0.15) is 6.04 Å². The molecule has 0 spiro atoms. The van der Waals surface area contributed by atoms with E-state index in [1.54, 1.807) is 22.5 Å². The van der Waals surface area contributed by atoms with Gasteiger partial charge in [0.2, 0.25) is 5.91 Å². The standard InChI is InChI=1S/C14H20ClN5O/c1-8(12-6-19(5)17-9(12)2)16-14(21)11(4)20-7-13(15)10(3)18-20/h6-8,11H,1-5H3,(H,16,21). The van der Waals surface area contributed by atoms with Crippen LogP contribution in [0.3, 0.4) is 0 Å². The Kier molecular flexibility index (Phi) is 4.37. The molecule has 0 saturated heterocycles. The summed E-state index contributed by atoms with van der Waals surface area (Å²) in [6.07, 6.45) is 3.58. The number of hydrogen-bond acceptors (Lipinski definition) is 3. The molecule has 0 saturated carbocycles. The molecule has 0 aromatic carbocycles. The Hall–Kier alpha value is -1.82. The number of nitrogens with zero attached hydrogens (tertiary/aromatic N) is 4. The van der Waals surface area contributed by atoms with Gasteiger partial charge in [0.25, 0.3) is 0 Å². The number of aryl methyl sites for hydroxylation is 3. The van der Waals surface area contributed by atoms with Crippen LogP contribution in [0, 0.1) is 13.8 Å². The monoisotopic (exact) mass is 309 g/mol. The molecular weight excluding hydrogens is 290 g/mol. The number of rotatable bonds is 4. The smallest absolute Gasteiger partial charge is 0.245 e.